The molecule has 3 heterocycles. The molecule has 1 amide bonds. The summed E-state index contributed by atoms with van der Waals surface area (Å²) in [5.74, 6) is 1.17. The molecule has 8 heteroatoms. The van der Waals surface area contributed by atoms with E-state index in [1.165, 1.54) is 11.8 Å². The molecule has 0 N–H and O–H groups in total. The predicted octanol–water partition coefficient (Wildman–Crippen LogP) is 5.08. The molecule has 0 radical (unpaired) electrons. The Labute approximate surface area is 216 Å². The zero-order valence-electron chi connectivity index (χ0n) is 20.4. The highest BCUT2D eigenvalue weighted by molar-refractivity contribution is 8.26. The van der Waals surface area contributed by atoms with Crippen LogP contribution in [0.2, 0.25) is 0 Å². The molecule has 2 aliphatic heterocycles. The molecule has 0 aliphatic carbocycles. The highest BCUT2D eigenvalue weighted by Crippen LogP contribution is 2.37. The standard InChI is InChI=1S/C27H30N4O2S2/c1-4-12-30-24(29-13-8-9-18(2)16-29)21(19(3)22(15-28)25(30)32)14-23-26(33)31(27(34)35-23)17-20-10-6-5-7-11-20/h5-7,10-11,14,18H,4,8-9,12-13,16-17H2,1-3H3/b23-14+. The minimum Gasteiger partial charge on any atom is -0.357 e. The van der Waals surface area contributed by atoms with Gasteiger partial charge in [-0.3, -0.25) is 19.1 Å². The van der Waals surface area contributed by atoms with Gasteiger partial charge in [-0.15, -0.1) is 0 Å². The van der Waals surface area contributed by atoms with E-state index in [0.717, 1.165) is 49.3 Å². The Morgan fingerprint density at radius 1 is 1.26 bits per heavy atom. The summed E-state index contributed by atoms with van der Waals surface area (Å²) >= 11 is 6.84. The third-order valence-corrected chi connectivity index (χ3v) is 7.96. The van der Waals surface area contributed by atoms with Gasteiger partial charge in [0.25, 0.3) is 11.5 Å². The third-order valence-electron chi connectivity index (χ3n) is 6.58. The topological polar surface area (TPSA) is 69.3 Å². The van der Waals surface area contributed by atoms with Crippen molar-refractivity contribution in [1.29, 1.82) is 5.26 Å². The van der Waals surface area contributed by atoms with Crippen LogP contribution in [0.4, 0.5) is 5.82 Å². The average Bonchev–Trinajstić information content (AvgIpc) is 3.10. The quantitative estimate of drug-likeness (QED) is 0.402. The van der Waals surface area contributed by atoms with Crippen molar-refractivity contribution >= 4 is 46.1 Å². The maximum Gasteiger partial charge on any atom is 0.270 e. The van der Waals surface area contributed by atoms with Gasteiger partial charge in [-0.05, 0) is 49.3 Å². The van der Waals surface area contributed by atoms with Gasteiger partial charge < -0.3 is 4.90 Å². The van der Waals surface area contributed by atoms with Crippen molar-refractivity contribution in [2.24, 2.45) is 5.92 Å². The fourth-order valence-electron chi connectivity index (χ4n) is 4.83. The van der Waals surface area contributed by atoms with Crippen LogP contribution in [0.3, 0.4) is 0 Å². The van der Waals surface area contributed by atoms with Crippen LogP contribution in [-0.4, -0.2) is 32.8 Å². The molecule has 1 atom stereocenters. The maximum absolute atomic E-state index is 13.4. The van der Waals surface area contributed by atoms with Crippen LogP contribution in [0, 0.1) is 24.2 Å². The number of thioether (sulfide) groups is 1. The van der Waals surface area contributed by atoms with Gasteiger partial charge in [0.15, 0.2) is 0 Å². The molecule has 2 aliphatic rings. The SMILES string of the molecule is CCCn1c(N2CCCC(C)C2)c(/C=C2/SC(=S)N(Cc3ccccc3)C2=O)c(C)c(C#N)c1=O. The zero-order chi connectivity index (χ0) is 25.1. The molecule has 1 aromatic heterocycles. The van der Waals surface area contributed by atoms with Crippen LogP contribution in [0.1, 0.15) is 55.4 Å². The van der Waals surface area contributed by atoms with Crippen molar-refractivity contribution < 1.29 is 4.79 Å². The second kappa shape index (κ2) is 10.8. The Kier molecular flexibility index (Phi) is 7.78. The second-order valence-electron chi connectivity index (χ2n) is 9.25. The summed E-state index contributed by atoms with van der Waals surface area (Å²) in [7, 11) is 0. The molecule has 35 heavy (non-hydrogen) atoms. The number of piperidine rings is 1. The molecule has 6 nitrogen and oxygen atoms in total. The van der Waals surface area contributed by atoms with Crippen LogP contribution < -0.4 is 10.5 Å². The van der Waals surface area contributed by atoms with Crippen LogP contribution >= 0.6 is 24.0 Å². The number of anilines is 1. The highest BCUT2D eigenvalue weighted by atomic mass is 32.2. The Hall–Kier alpha value is -2.89. The van der Waals surface area contributed by atoms with E-state index < -0.39 is 0 Å². The van der Waals surface area contributed by atoms with Crippen molar-refractivity contribution in [3.63, 3.8) is 0 Å². The first kappa shape index (κ1) is 25.2. The van der Waals surface area contributed by atoms with E-state index in [1.54, 1.807) is 9.47 Å². The second-order valence-corrected chi connectivity index (χ2v) is 10.9. The smallest absolute Gasteiger partial charge is 0.270 e. The van der Waals surface area contributed by atoms with E-state index in [1.807, 2.05) is 50.3 Å². The first-order valence-electron chi connectivity index (χ1n) is 12.1. The molecule has 2 aromatic rings. The van der Waals surface area contributed by atoms with Crippen LogP contribution in [0.25, 0.3) is 6.08 Å². The van der Waals surface area contributed by atoms with Gasteiger partial charge in [0.1, 0.15) is 21.8 Å². The van der Waals surface area contributed by atoms with E-state index in [9.17, 15) is 14.9 Å². The number of aromatic nitrogens is 1. The zero-order valence-corrected chi connectivity index (χ0v) is 22.0. The van der Waals surface area contributed by atoms with Gasteiger partial charge in [0.2, 0.25) is 0 Å². The Balaban J connectivity index is 1.83. The van der Waals surface area contributed by atoms with Crippen molar-refractivity contribution in [2.75, 3.05) is 18.0 Å². The van der Waals surface area contributed by atoms with Gasteiger partial charge >= 0.3 is 0 Å². The van der Waals surface area contributed by atoms with Gasteiger partial charge in [0, 0.05) is 25.2 Å². The molecular weight excluding hydrogens is 476 g/mol. The van der Waals surface area contributed by atoms with Crippen molar-refractivity contribution in [2.45, 2.75) is 53.1 Å². The third kappa shape index (κ3) is 5.07. The van der Waals surface area contributed by atoms with Crippen LogP contribution in [-0.2, 0) is 17.9 Å². The lowest BCUT2D eigenvalue weighted by Gasteiger charge is -2.36. The van der Waals surface area contributed by atoms with Gasteiger partial charge in [-0.1, -0.05) is 68.2 Å². The number of amides is 1. The Bertz CT molecular complexity index is 1280. The number of hydrogen-bond donors (Lipinski definition) is 0. The summed E-state index contributed by atoms with van der Waals surface area (Å²) in [5, 5.41) is 9.82. The molecular formula is C27H30N4O2S2. The molecule has 1 unspecified atom stereocenters. The number of benzene rings is 1. The average molecular weight is 507 g/mol. The predicted molar refractivity (Wildman–Crippen MR) is 146 cm³/mol. The Morgan fingerprint density at radius 2 is 2.00 bits per heavy atom. The van der Waals surface area contributed by atoms with E-state index in [4.69, 9.17) is 12.2 Å². The summed E-state index contributed by atoms with van der Waals surface area (Å²) in [6.45, 7) is 8.66. The number of rotatable bonds is 6. The molecule has 0 saturated carbocycles. The molecule has 0 bridgehead atoms. The highest BCUT2D eigenvalue weighted by Gasteiger charge is 2.33. The summed E-state index contributed by atoms with van der Waals surface area (Å²) < 4.78 is 2.25. The Morgan fingerprint density at radius 3 is 2.66 bits per heavy atom. The number of pyridine rings is 1. The molecule has 2 saturated heterocycles. The lowest BCUT2D eigenvalue weighted by Crippen LogP contribution is -2.40. The van der Waals surface area contributed by atoms with E-state index in [2.05, 4.69) is 17.9 Å². The van der Waals surface area contributed by atoms with Gasteiger partial charge in [-0.25, -0.2) is 0 Å². The van der Waals surface area contributed by atoms with Gasteiger partial charge in [0.05, 0.1) is 11.4 Å². The van der Waals surface area contributed by atoms with E-state index in [0.29, 0.717) is 33.8 Å². The number of carbonyl (C=O) groups is 1. The number of nitrogens with zero attached hydrogens (tertiary/aromatic N) is 4. The largest absolute Gasteiger partial charge is 0.357 e. The maximum atomic E-state index is 13.4. The number of nitriles is 1. The minimum atomic E-state index is -0.256. The van der Waals surface area contributed by atoms with Crippen molar-refractivity contribution in [1.82, 2.24) is 9.47 Å². The lowest BCUT2D eigenvalue weighted by atomic mass is 9.98. The first-order valence-corrected chi connectivity index (χ1v) is 13.3. The van der Waals surface area contributed by atoms with Gasteiger partial charge in [-0.2, -0.15) is 5.26 Å². The van der Waals surface area contributed by atoms with Crippen molar-refractivity contribution in [3.05, 3.63) is 67.8 Å². The molecule has 4 rings (SSSR count). The summed E-state index contributed by atoms with van der Waals surface area (Å²) in [5.41, 5.74) is 2.27. The summed E-state index contributed by atoms with van der Waals surface area (Å²) in [6.07, 6.45) is 4.81. The summed E-state index contributed by atoms with van der Waals surface area (Å²) in [6, 6.07) is 11.9. The minimum absolute atomic E-state index is 0.137. The fourth-order valence-corrected chi connectivity index (χ4v) is 6.07. The molecule has 1 aromatic carbocycles. The van der Waals surface area contributed by atoms with Crippen LogP contribution in [0.15, 0.2) is 40.0 Å². The number of carbonyl (C=O) groups excluding carboxylic acids is 1. The molecule has 182 valence electrons. The number of hydrogen-bond acceptors (Lipinski definition) is 6. The summed E-state index contributed by atoms with van der Waals surface area (Å²) in [4.78, 5) is 31.1. The fraction of sp³-hybridized carbons (Fsp3) is 0.407. The lowest BCUT2D eigenvalue weighted by molar-refractivity contribution is -0.122. The van der Waals surface area contributed by atoms with Crippen molar-refractivity contribution in [3.8, 4) is 6.07 Å². The van der Waals surface area contributed by atoms with E-state index >= 15 is 0 Å². The van der Waals surface area contributed by atoms with E-state index in [-0.39, 0.29) is 17.0 Å². The molecule has 0 spiro atoms. The molecule has 2 fully saturated rings. The monoisotopic (exact) mass is 506 g/mol. The van der Waals surface area contributed by atoms with Crippen LogP contribution in [0.5, 0.6) is 0 Å². The first-order chi connectivity index (χ1) is 16.8. The number of thiocarbonyl (C=S) groups is 1. The normalized spacial score (nSPS) is 19.5.